The van der Waals surface area contributed by atoms with Gasteiger partial charge in [-0.05, 0) is 36.8 Å². The van der Waals surface area contributed by atoms with Gasteiger partial charge < -0.3 is 5.32 Å². The van der Waals surface area contributed by atoms with E-state index < -0.39 is 27.6 Å². The van der Waals surface area contributed by atoms with Crippen molar-refractivity contribution in [3.63, 3.8) is 0 Å². The van der Waals surface area contributed by atoms with Crippen molar-refractivity contribution in [2.75, 3.05) is 11.9 Å². The Morgan fingerprint density at radius 1 is 1.08 bits per heavy atom. The summed E-state index contributed by atoms with van der Waals surface area (Å²) in [7, 11) is -3.71. The highest BCUT2D eigenvalue weighted by Crippen LogP contribution is 2.19. The van der Waals surface area contributed by atoms with Crippen molar-refractivity contribution in [1.29, 1.82) is 0 Å². The molecule has 0 saturated heterocycles. The summed E-state index contributed by atoms with van der Waals surface area (Å²) >= 11 is 0. The van der Waals surface area contributed by atoms with Gasteiger partial charge in [-0.3, -0.25) is 4.79 Å². The van der Waals surface area contributed by atoms with Gasteiger partial charge in [0.25, 0.3) is 5.91 Å². The van der Waals surface area contributed by atoms with Crippen LogP contribution in [0.4, 0.5) is 14.5 Å². The minimum absolute atomic E-state index is 0.0506. The van der Waals surface area contributed by atoms with Gasteiger partial charge in [0.15, 0.2) is 11.6 Å². The second kappa shape index (κ2) is 7.06. The van der Waals surface area contributed by atoms with Crippen LogP contribution in [0.2, 0.25) is 0 Å². The molecule has 2 rings (SSSR count). The topological polar surface area (TPSA) is 75.3 Å². The van der Waals surface area contributed by atoms with Crippen molar-refractivity contribution in [2.24, 2.45) is 0 Å². The van der Waals surface area contributed by atoms with Crippen molar-refractivity contribution in [2.45, 2.75) is 18.7 Å². The van der Waals surface area contributed by atoms with Gasteiger partial charge in [-0.2, -0.15) is 0 Å². The molecule has 24 heavy (non-hydrogen) atoms. The number of benzene rings is 2. The number of hydrogen-bond acceptors (Lipinski definition) is 3. The Labute approximate surface area is 138 Å². The lowest BCUT2D eigenvalue weighted by Gasteiger charge is -2.11. The standard InChI is InChI=1S/C16H16F2N2O3S/c1-3-19-24(22,23)12-6-4-10(2)13(9-12)16(21)20-11-5-7-14(17)15(18)8-11/h4-9,19H,3H2,1-2H3,(H,20,21). The largest absolute Gasteiger partial charge is 0.322 e. The van der Waals surface area contributed by atoms with E-state index in [1.165, 1.54) is 24.3 Å². The highest BCUT2D eigenvalue weighted by atomic mass is 32.2. The van der Waals surface area contributed by atoms with Crippen LogP contribution < -0.4 is 10.0 Å². The second-order valence-electron chi connectivity index (χ2n) is 5.06. The molecule has 0 aromatic heterocycles. The first-order chi connectivity index (χ1) is 11.2. The van der Waals surface area contributed by atoms with Crippen LogP contribution in [-0.4, -0.2) is 20.9 Å². The molecule has 0 aliphatic heterocycles. The molecule has 0 atom stereocenters. The Hall–Kier alpha value is -2.32. The minimum atomic E-state index is -3.71. The molecule has 8 heteroatoms. The summed E-state index contributed by atoms with van der Waals surface area (Å²) in [6.07, 6.45) is 0. The monoisotopic (exact) mass is 354 g/mol. The second-order valence-corrected chi connectivity index (χ2v) is 6.83. The van der Waals surface area contributed by atoms with E-state index >= 15 is 0 Å². The van der Waals surface area contributed by atoms with E-state index in [0.717, 1.165) is 12.1 Å². The highest BCUT2D eigenvalue weighted by molar-refractivity contribution is 7.89. The molecule has 2 aromatic carbocycles. The van der Waals surface area contributed by atoms with Gasteiger partial charge in [0, 0.05) is 23.9 Å². The summed E-state index contributed by atoms with van der Waals surface area (Å²) in [4.78, 5) is 12.3. The first-order valence-corrected chi connectivity index (χ1v) is 8.59. The summed E-state index contributed by atoms with van der Waals surface area (Å²) in [5.74, 6) is -2.73. The number of aryl methyl sites for hydroxylation is 1. The van der Waals surface area contributed by atoms with Gasteiger partial charge in [-0.15, -0.1) is 0 Å². The zero-order chi connectivity index (χ0) is 17.9. The van der Waals surface area contributed by atoms with E-state index in [2.05, 4.69) is 10.0 Å². The van der Waals surface area contributed by atoms with Crippen LogP contribution in [0.15, 0.2) is 41.3 Å². The number of anilines is 1. The Bertz CT molecular complexity index is 883. The lowest BCUT2D eigenvalue weighted by molar-refractivity contribution is 0.102. The first-order valence-electron chi connectivity index (χ1n) is 7.11. The molecular weight excluding hydrogens is 338 g/mol. The van der Waals surface area contributed by atoms with Gasteiger partial charge in [0.1, 0.15) is 0 Å². The number of halogens is 2. The number of rotatable bonds is 5. The van der Waals surface area contributed by atoms with E-state index in [0.29, 0.717) is 5.56 Å². The molecule has 0 fully saturated rings. The van der Waals surface area contributed by atoms with Gasteiger partial charge in [0.05, 0.1) is 4.90 Å². The quantitative estimate of drug-likeness (QED) is 0.867. The zero-order valence-corrected chi connectivity index (χ0v) is 13.9. The fourth-order valence-corrected chi connectivity index (χ4v) is 3.13. The highest BCUT2D eigenvalue weighted by Gasteiger charge is 2.17. The van der Waals surface area contributed by atoms with Crippen molar-refractivity contribution < 1.29 is 22.0 Å². The van der Waals surface area contributed by atoms with Gasteiger partial charge in [-0.25, -0.2) is 21.9 Å². The van der Waals surface area contributed by atoms with Crippen molar-refractivity contribution in [3.8, 4) is 0 Å². The van der Waals surface area contributed by atoms with Crippen LogP contribution in [0.5, 0.6) is 0 Å². The van der Waals surface area contributed by atoms with E-state index in [1.807, 2.05) is 0 Å². The normalized spacial score (nSPS) is 11.3. The molecule has 0 aliphatic carbocycles. The van der Waals surface area contributed by atoms with Gasteiger partial charge in [0.2, 0.25) is 10.0 Å². The molecule has 0 bridgehead atoms. The fraction of sp³-hybridized carbons (Fsp3) is 0.188. The molecule has 0 spiro atoms. The smallest absolute Gasteiger partial charge is 0.255 e. The molecule has 128 valence electrons. The lowest BCUT2D eigenvalue weighted by atomic mass is 10.1. The summed E-state index contributed by atoms with van der Waals surface area (Å²) in [6, 6.07) is 7.09. The first kappa shape index (κ1) is 18.0. The third-order valence-electron chi connectivity index (χ3n) is 3.28. The molecule has 0 radical (unpaired) electrons. The van der Waals surface area contributed by atoms with Crippen LogP contribution in [0.3, 0.4) is 0 Å². The number of nitrogens with one attached hydrogen (secondary N) is 2. The summed E-state index contributed by atoms with van der Waals surface area (Å²) in [5.41, 5.74) is 0.738. The maximum atomic E-state index is 13.2. The van der Waals surface area contributed by atoms with Crippen LogP contribution in [0.1, 0.15) is 22.8 Å². The predicted octanol–water partition coefficient (Wildman–Crippen LogP) is 2.82. The molecule has 2 N–H and O–H groups in total. The molecule has 0 unspecified atom stereocenters. The molecular formula is C16H16F2N2O3S. The Morgan fingerprint density at radius 3 is 2.42 bits per heavy atom. The number of hydrogen-bond donors (Lipinski definition) is 2. The molecule has 0 heterocycles. The number of carbonyl (C=O) groups excluding carboxylic acids is 1. The summed E-state index contributed by atoms with van der Waals surface area (Å²) in [6.45, 7) is 3.50. The van der Waals surface area contributed by atoms with Crippen molar-refractivity contribution in [1.82, 2.24) is 4.72 Å². The van der Waals surface area contributed by atoms with Crippen LogP contribution >= 0.6 is 0 Å². The molecule has 1 amide bonds. The Morgan fingerprint density at radius 2 is 1.79 bits per heavy atom. The van der Waals surface area contributed by atoms with Gasteiger partial charge in [-0.1, -0.05) is 13.0 Å². The fourth-order valence-electron chi connectivity index (χ4n) is 2.06. The average molecular weight is 354 g/mol. The third-order valence-corrected chi connectivity index (χ3v) is 4.82. The van der Waals surface area contributed by atoms with Crippen molar-refractivity contribution in [3.05, 3.63) is 59.2 Å². The maximum Gasteiger partial charge on any atom is 0.255 e. The SMILES string of the molecule is CCNS(=O)(=O)c1ccc(C)c(C(=O)Nc2ccc(F)c(F)c2)c1. The molecule has 0 aliphatic rings. The van der Waals surface area contributed by atoms with Crippen LogP contribution in [0.25, 0.3) is 0 Å². The third kappa shape index (κ3) is 3.95. The Balaban J connectivity index is 2.33. The molecule has 5 nitrogen and oxygen atoms in total. The molecule has 0 saturated carbocycles. The van der Waals surface area contributed by atoms with Crippen molar-refractivity contribution >= 4 is 21.6 Å². The lowest BCUT2D eigenvalue weighted by Crippen LogP contribution is -2.24. The Kier molecular flexibility index (Phi) is 5.30. The van der Waals surface area contributed by atoms with Gasteiger partial charge >= 0.3 is 0 Å². The molecule has 2 aromatic rings. The summed E-state index contributed by atoms with van der Waals surface area (Å²) in [5, 5.41) is 2.42. The zero-order valence-electron chi connectivity index (χ0n) is 13.1. The predicted molar refractivity (Wildman–Crippen MR) is 86.4 cm³/mol. The maximum absolute atomic E-state index is 13.2. The average Bonchev–Trinajstić information content (AvgIpc) is 2.51. The number of sulfonamides is 1. The minimum Gasteiger partial charge on any atom is -0.322 e. The van der Waals surface area contributed by atoms with E-state index in [-0.39, 0.29) is 22.7 Å². The van der Waals surface area contributed by atoms with Crippen LogP contribution in [-0.2, 0) is 10.0 Å². The van der Waals surface area contributed by atoms with E-state index in [4.69, 9.17) is 0 Å². The number of carbonyl (C=O) groups is 1. The van der Waals surface area contributed by atoms with Crippen LogP contribution in [0, 0.1) is 18.6 Å². The van der Waals surface area contributed by atoms with E-state index in [1.54, 1.807) is 13.8 Å². The van der Waals surface area contributed by atoms with E-state index in [9.17, 15) is 22.0 Å². The number of amides is 1. The summed E-state index contributed by atoms with van der Waals surface area (Å²) < 4.78 is 52.5.